The van der Waals surface area contributed by atoms with Crippen molar-refractivity contribution < 1.29 is 0 Å². The summed E-state index contributed by atoms with van der Waals surface area (Å²) in [4.78, 5) is 23.3. The normalized spacial score (nSPS) is 11.9. The molecule has 0 atom stereocenters. The molecule has 0 aliphatic rings. The summed E-state index contributed by atoms with van der Waals surface area (Å²) < 4.78 is 3.38. The van der Waals surface area contributed by atoms with Crippen molar-refractivity contribution >= 4 is 16.9 Å². The van der Waals surface area contributed by atoms with Crippen molar-refractivity contribution in [3.8, 4) is 0 Å². The summed E-state index contributed by atoms with van der Waals surface area (Å²) in [7, 11) is 0. The number of hydrogen-bond donors (Lipinski definition) is 1. The smallest absolute Gasteiger partial charge is 0.287 e. The summed E-state index contributed by atoms with van der Waals surface area (Å²) >= 11 is 0. The first kappa shape index (κ1) is 9.14. The van der Waals surface area contributed by atoms with Crippen molar-refractivity contribution in [3.63, 3.8) is 0 Å². The number of fused-ring (bicyclic) bond motifs is 2. The van der Waals surface area contributed by atoms with E-state index in [4.69, 9.17) is 0 Å². The van der Waals surface area contributed by atoms with E-state index in [-0.39, 0.29) is 11.6 Å². The molecular formula is C10H11N5O. The zero-order chi connectivity index (χ0) is 11.3. The minimum atomic E-state index is -0.138. The largest absolute Gasteiger partial charge is 0.314 e. The van der Waals surface area contributed by atoms with E-state index in [0.29, 0.717) is 11.3 Å². The van der Waals surface area contributed by atoms with Crippen LogP contribution in [0.3, 0.4) is 0 Å². The van der Waals surface area contributed by atoms with E-state index in [9.17, 15) is 4.79 Å². The summed E-state index contributed by atoms with van der Waals surface area (Å²) in [6, 6.07) is 0.248. The maximum Gasteiger partial charge on any atom is 0.287 e. The van der Waals surface area contributed by atoms with Crippen LogP contribution in [0.4, 0.5) is 0 Å². The van der Waals surface area contributed by atoms with Crippen LogP contribution in [0.2, 0.25) is 0 Å². The first-order valence-electron chi connectivity index (χ1n) is 5.10. The Bertz CT molecular complexity index is 718. The maximum absolute atomic E-state index is 12.0. The van der Waals surface area contributed by atoms with Crippen LogP contribution in [-0.4, -0.2) is 23.9 Å². The van der Waals surface area contributed by atoms with Gasteiger partial charge in [-0.15, -0.1) is 0 Å². The molecule has 0 unspecified atom stereocenters. The molecule has 1 N–H and O–H groups in total. The van der Waals surface area contributed by atoms with Crippen LogP contribution in [0.25, 0.3) is 16.9 Å². The second kappa shape index (κ2) is 2.94. The lowest BCUT2D eigenvalue weighted by atomic mass is 10.4. The molecule has 0 saturated heterocycles. The average molecular weight is 217 g/mol. The molecule has 0 amide bonds. The third-order valence-electron chi connectivity index (χ3n) is 2.64. The number of nitrogens with zero attached hydrogens (tertiary/aromatic N) is 4. The Morgan fingerprint density at radius 3 is 2.94 bits per heavy atom. The Kier molecular flexibility index (Phi) is 1.68. The van der Waals surface area contributed by atoms with Gasteiger partial charge in [0.15, 0.2) is 5.52 Å². The van der Waals surface area contributed by atoms with E-state index in [1.807, 2.05) is 18.4 Å². The Morgan fingerprint density at radius 2 is 2.19 bits per heavy atom. The summed E-state index contributed by atoms with van der Waals surface area (Å²) in [6.07, 6.45) is 4.89. The van der Waals surface area contributed by atoms with Crippen LogP contribution in [0.1, 0.15) is 19.9 Å². The van der Waals surface area contributed by atoms with Crippen molar-refractivity contribution in [2.45, 2.75) is 19.9 Å². The Morgan fingerprint density at radius 1 is 1.38 bits per heavy atom. The monoisotopic (exact) mass is 217 g/mol. The number of rotatable bonds is 1. The number of nitrogens with one attached hydrogen (secondary N) is 1. The highest BCUT2D eigenvalue weighted by Gasteiger charge is 2.12. The van der Waals surface area contributed by atoms with Gasteiger partial charge in [-0.1, -0.05) is 0 Å². The fraction of sp³-hybridized carbons (Fsp3) is 0.300. The Hall–Kier alpha value is -2.11. The third-order valence-corrected chi connectivity index (χ3v) is 2.64. The van der Waals surface area contributed by atoms with Gasteiger partial charge in [0.05, 0.1) is 6.33 Å². The van der Waals surface area contributed by atoms with Gasteiger partial charge in [-0.05, 0) is 13.8 Å². The first-order chi connectivity index (χ1) is 7.68. The molecule has 3 aromatic rings. The average Bonchev–Trinajstić information content (AvgIpc) is 2.83. The lowest BCUT2D eigenvalue weighted by molar-refractivity contribution is 0.613. The summed E-state index contributed by atoms with van der Waals surface area (Å²) in [6.45, 7) is 4.07. The molecule has 6 heteroatoms. The highest BCUT2D eigenvalue weighted by atomic mass is 16.1. The lowest BCUT2D eigenvalue weighted by Crippen LogP contribution is -2.14. The standard InChI is InChI=1S/C10H11N5O/c1-6(2)15-5-12-7-8(15)13-10-11-3-4-14(10)9(7)16/h3-6H,1-2H3,(H,11,13). The van der Waals surface area contributed by atoms with Crippen molar-refractivity contribution in [2.75, 3.05) is 0 Å². The summed E-state index contributed by atoms with van der Waals surface area (Å²) in [5.74, 6) is 0.542. The molecule has 0 saturated carbocycles. The van der Waals surface area contributed by atoms with Crippen molar-refractivity contribution in [1.82, 2.24) is 23.9 Å². The van der Waals surface area contributed by atoms with Gasteiger partial charge in [-0.25, -0.2) is 14.4 Å². The molecule has 3 heterocycles. The van der Waals surface area contributed by atoms with Crippen LogP contribution in [0.5, 0.6) is 0 Å². The van der Waals surface area contributed by atoms with E-state index < -0.39 is 0 Å². The Balaban J connectivity index is 2.53. The SMILES string of the molecule is CC(C)n1cnc2c(=O)n3ccnc3[nH]c21. The van der Waals surface area contributed by atoms with E-state index in [0.717, 1.165) is 5.65 Å². The predicted molar refractivity (Wildman–Crippen MR) is 59.5 cm³/mol. The second-order valence-electron chi connectivity index (χ2n) is 3.99. The number of H-pyrrole nitrogens is 1. The number of hydrogen-bond acceptors (Lipinski definition) is 3. The van der Waals surface area contributed by atoms with E-state index >= 15 is 0 Å². The van der Waals surface area contributed by atoms with Crippen molar-refractivity contribution in [1.29, 1.82) is 0 Å². The Labute approximate surface area is 90.6 Å². The first-order valence-corrected chi connectivity index (χ1v) is 5.10. The van der Waals surface area contributed by atoms with Crippen LogP contribution in [0.15, 0.2) is 23.5 Å². The summed E-state index contributed by atoms with van der Waals surface area (Å²) in [5, 5.41) is 0. The lowest BCUT2D eigenvalue weighted by Gasteiger charge is -2.07. The molecule has 0 radical (unpaired) electrons. The van der Waals surface area contributed by atoms with Gasteiger partial charge in [0.2, 0.25) is 5.78 Å². The molecule has 0 aliphatic heterocycles. The van der Waals surface area contributed by atoms with Crippen LogP contribution >= 0.6 is 0 Å². The quantitative estimate of drug-likeness (QED) is 0.660. The van der Waals surface area contributed by atoms with Gasteiger partial charge in [-0.2, -0.15) is 0 Å². The van der Waals surface area contributed by atoms with Crippen LogP contribution < -0.4 is 5.56 Å². The molecule has 0 aromatic carbocycles. The zero-order valence-electron chi connectivity index (χ0n) is 9.01. The zero-order valence-corrected chi connectivity index (χ0v) is 9.01. The minimum absolute atomic E-state index is 0.138. The predicted octanol–water partition coefficient (Wildman–Crippen LogP) is 0.953. The molecule has 0 fully saturated rings. The number of aromatic nitrogens is 5. The van der Waals surface area contributed by atoms with Gasteiger partial charge in [0.25, 0.3) is 5.56 Å². The van der Waals surface area contributed by atoms with Gasteiger partial charge in [0.1, 0.15) is 5.65 Å². The molecular weight excluding hydrogens is 206 g/mol. The molecule has 3 aromatic heterocycles. The summed E-state index contributed by atoms with van der Waals surface area (Å²) in [5.41, 5.74) is 1.03. The van der Waals surface area contributed by atoms with Crippen LogP contribution in [-0.2, 0) is 0 Å². The van der Waals surface area contributed by atoms with Crippen molar-refractivity contribution in [3.05, 3.63) is 29.1 Å². The van der Waals surface area contributed by atoms with Crippen molar-refractivity contribution in [2.24, 2.45) is 0 Å². The van der Waals surface area contributed by atoms with Crippen LogP contribution in [0, 0.1) is 0 Å². The molecule has 0 spiro atoms. The third kappa shape index (κ3) is 1.04. The molecule has 0 bridgehead atoms. The highest BCUT2D eigenvalue weighted by Crippen LogP contribution is 2.12. The molecule has 3 rings (SSSR count). The number of aromatic amines is 1. The molecule has 0 aliphatic carbocycles. The van der Waals surface area contributed by atoms with Gasteiger partial charge in [0, 0.05) is 18.4 Å². The minimum Gasteiger partial charge on any atom is -0.314 e. The molecule has 16 heavy (non-hydrogen) atoms. The molecule has 6 nitrogen and oxygen atoms in total. The van der Waals surface area contributed by atoms with Gasteiger partial charge >= 0.3 is 0 Å². The van der Waals surface area contributed by atoms with Gasteiger partial charge < -0.3 is 9.55 Å². The second-order valence-corrected chi connectivity index (χ2v) is 3.99. The van der Waals surface area contributed by atoms with E-state index in [1.165, 1.54) is 4.40 Å². The fourth-order valence-corrected chi connectivity index (χ4v) is 1.81. The van der Waals surface area contributed by atoms with E-state index in [1.54, 1.807) is 18.7 Å². The van der Waals surface area contributed by atoms with Gasteiger partial charge in [-0.3, -0.25) is 4.79 Å². The topological polar surface area (TPSA) is 68.0 Å². The molecule has 82 valence electrons. The highest BCUT2D eigenvalue weighted by molar-refractivity contribution is 5.71. The maximum atomic E-state index is 12.0. The number of imidazole rings is 2. The van der Waals surface area contributed by atoms with E-state index in [2.05, 4.69) is 15.0 Å². The fourth-order valence-electron chi connectivity index (χ4n) is 1.81.